The number of hydrogen-bond acceptors (Lipinski definition) is 4. The first-order chi connectivity index (χ1) is 9.75. The molecule has 1 aromatic carbocycles. The van der Waals surface area contributed by atoms with Gasteiger partial charge < -0.3 is 9.64 Å². The summed E-state index contributed by atoms with van der Waals surface area (Å²) in [6.07, 6.45) is -4.97. The highest BCUT2D eigenvalue weighted by molar-refractivity contribution is 5.82. The lowest BCUT2D eigenvalue weighted by Crippen LogP contribution is -2.43. The van der Waals surface area contributed by atoms with Crippen molar-refractivity contribution in [2.45, 2.75) is 19.1 Å². The molecule has 0 atom stereocenters. The topological polar surface area (TPSA) is 72.7 Å². The lowest BCUT2D eigenvalue weighted by molar-refractivity contribution is -0.386. The van der Waals surface area contributed by atoms with Crippen LogP contribution < -0.4 is 4.74 Å². The average molecular weight is 304 g/mol. The zero-order chi connectivity index (χ0) is 15.8. The van der Waals surface area contributed by atoms with Gasteiger partial charge in [0, 0.05) is 18.7 Å². The number of alkyl halides is 3. The summed E-state index contributed by atoms with van der Waals surface area (Å²) in [6, 6.07) is 2.76. The summed E-state index contributed by atoms with van der Waals surface area (Å²) in [4.78, 5) is 22.3. The van der Waals surface area contributed by atoms with E-state index in [2.05, 4.69) is 0 Å². The van der Waals surface area contributed by atoms with Gasteiger partial charge in [0.2, 0.25) is 0 Å². The van der Waals surface area contributed by atoms with Crippen LogP contribution in [-0.4, -0.2) is 35.6 Å². The van der Waals surface area contributed by atoms with Gasteiger partial charge in [0.15, 0.2) is 5.75 Å². The summed E-state index contributed by atoms with van der Waals surface area (Å²) in [6.45, 7) is -0.530. The molecule has 1 aliphatic rings. The number of nitro groups is 1. The van der Waals surface area contributed by atoms with Crippen molar-refractivity contribution in [2.75, 3.05) is 13.7 Å². The quantitative estimate of drug-likeness (QED) is 0.619. The fraction of sp³-hybridized carbons (Fsp3) is 0.417. The highest BCUT2D eigenvalue weighted by Crippen LogP contribution is 2.36. The SMILES string of the molecule is COc1ccc2c(c1[N+](=O)[O-])CCN(C(=O)C(F)(F)F)C2. The lowest BCUT2D eigenvalue weighted by Gasteiger charge is -2.29. The maximum Gasteiger partial charge on any atom is 0.471 e. The van der Waals surface area contributed by atoms with Crippen molar-refractivity contribution in [2.24, 2.45) is 0 Å². The van der Waals surface area contributed by atoms with Gasteiger partial charge in [-0.15, -0.1) is 0 Å². The molecule has 1 heterocycles. The second kappa shape index (κ2) is 5.23. The second-order valence-corrected chi connectivity index (χ2v) is 4.49. The van der Waals surface area contributed by atoms with Gasteiger partial charge in [-0.25, -0.2) is 0 Å². The van der Waals surface area contributed by atoms with Crippen LogP contribution in [0.1, 0.15) is 11.1 Å². The van der Waals surface area contributed by atoms with E-state index in [-0.39, 0.29) is 30.9 Å². The van der Waals surface area contributed by atoms with E-state index in [4.69, 9.17) is 4.74 Å². The van der Waals surface area contributed by atoms with E-state index >= 15 is 0 Å². The number of amides is 1. The third kappa shape index (κ3) is 2.76. The minimum atomic E-state index is -4.95. The van der Waals surface area contributed by atoms with Crippen molar-refractivity contribution >= 4 is 11.6 Å². The van der Waals surface area contributed by atoms with Gasteiger partial charge >= 0.3 is 17.8 Å². The number of rotatable bonds is 2. The largest absolute Gasteiger partial charge is 0.490 e. The van der Waals surface area contributed by atoms with Gasteiger partial charge in [0.25, 0.3) is 0 Å². The van der Waals surface area contributed by atoms with Crippen molar-refractivity contribution < 1.29 is 27.6 Å². The van der Waals surface area contributed by atoms with Crippen LogP contribution >= 0.6 is 0 Å². The molecule has 9 heteroatoms. The third-order valence-corrected chi connectivity index (χ3v) is 3.27. The Bertz CT molecular complexity index is 601. The number of carbonyl (C=O) groups excluding carboxylic acids is 1. The Kier molecular flexibility index (Phi) is 3.75. The average Bonchev–Trinajstić information content (AvgIpc) is 2.43. The van der Waals surface area contributed by atoms with Crippen LogP contribution in [-0.2, 0) is 17.8 Å². The van der Waals surface area contributed by atoms with Gasteiger partial charge in [-0.05, 0) is 18.1 Å². The van der Waals surface area contributed by atoms with Crippen molar-refractivity contribution in [1.29, 1.82) is 0 Å². The fourth-order valence-electron chi connectivity index (χ4n) is 2.33. The number of nitro benzene ring substituents is 1. The van der Waals surface area contributed by atoms with Crippen LogP contribution in [0.25, 0.3) is 0 Å². The Morgan fingerprint density at radius 2 is 2.10 bits per heavy atom. The Hall–Kier alpha value is -2.32. The molecule has 1 aliphatic heterocycles. The number of ether oxygens (including phenoxy) is 1. The smallest absolute Gasteiger partial charge is 0.471 e. The van der Waals surface area contributed by atoms with E-state index < -0.39 is 17.0 Å². The van der Waals surface area contributed by atoms with Gasteiger partial charge in [0.1, 0.15) is 0 Å². The van der Waals surface area contributed by atoms with Crippen LogP contribution in [0.2, 0.25) is 0 Å². The van der Waals surface area contributed by atoms with Gasteiger partial charge in [0.05, 0.1) is 12.0 Å². The molecule has 2 rings (SSSR count). The van der Waals surface area contributed by atoms with Crippen molar-refractivity contribution in [1.82, 2.24) is 4.90 Å². The number of fused-ring (bicyclic) bond motifs is 1. The van der Waals surface area contributed by atoms with Crippen LogP contribution in [0.15, 0.2) is 12.1 Å². The Balaban J connectivity index is 2.38. The molecule has 0 unspecified atom stereocenters. The van der Waals surface area contributed by atoms with E-state index in [1.165, 1.54) is 19.2 Å². The van der Waals surface area contributed by atoms with Crippen molar-refractivity contribution in [3.8, 4) is 5.75 Å². The minimum absolute atomic E-state index is 0.0231. The van der Waals surface area contributed by atoms with Crippen LogP contribution in [0, 0.1) is 10.1 Å². The lowest BCUT2D eigenvalue weighted by atomic mass is 9.97. The summed E-state index contributed by atoms with van der Waals surface area (Å²) in [5.41, 5.74) is 0.381. The fourth-order valence-corrected chi connectivity index (χ4v) is 2.33. The first-order valence-electron chi connectivity index (χ1n) is 5.95. The van der Waals surface area contributed by atoms with Crippen molar-refractivity contribution in [3.05, 3.63) is 33.4 Å². The monoisotopic (exact) mass is 304 g/mol. The predicted octanol–water partition coefficient (Wildman–Crippen LogP) is 2.05. The summed E-state index contributed by atoms with van der Waals surface area (Å²) in [7, 11) is 1.27. The highest BCUT2D eigenvalue weighted by Gasteiger charge is 2.43. The molecule has 0 spiro atoms. The number of nitrogens with zero attached hydrogens (tertiary/aromatic N) is 2. The van der Waals surface area contributed by atoms with E-state index in [9.17, 15) is 28.1 Å². The maximum atomic E-state index is 12.4. The van der Waals surface area contributed by atoms with E-state index in [1.807, 2.05) is 0 Å². The van der Waals surface area contributed by atoms with Gasteiger partial charge in [-0.1, -0.05) is 6.07 Å². The molecule has 0 bridgehead atoms. The molecule has 0 saturated heterocycles. The summed E-state index contributed by atoms with van der Waals surface area (Å²) in [5, 5.41) is 11.1. The van der Waals surface area contributed by atoms with E-state index in [0.717, 1.165) is 0 Å². The summed E-state index contributed by atoms with van der Waals surface area (Å²) < 4.78 is 42.1. The second-order valence-electron chi connectivity index (χ2n) is 4.49. The van der Waals surface area contributed by atoms with E-state index in [0.29, 0.717) is 16.0 Å². The molecule has 0 radical (unpaired) electrons. The van der Waals surface area contributed by atoms with Crippen molar-refractivity contribution in [3.63, 3.8) is 0 Å². The molecule has 0 aromatic heterocycles. The zero-order valence-electron chi connectivity index (χ0n) is 10.9. The van der Waals surface area contributed by atoms with Gasteiger partial charge in [-0.3, -0.25) is 14.9 Å². The third-order valence-electron chi connectivity index (χ3n) is 3.27. The number of carbonyl (C=O) groups is 1. The molecule has 1 amide bonds. The summed E-state index contributed by atoms with van der Waals surface area (Å²) >= 11 is 0. The molecule has 0 fully saturated rings. The molecule has 0 saturated carbocycles. The van der Waals surface area contributed by atoms with Gasteiger partial charge in [-0.2, -0.15) is 13.2 Å². The van der Waals surface area contributed by atoms with Crippen LogP contribution in [0.4, 0.5) is 18.9 Å². The molecule has 0 aliphatic carbocycles. The summed E-state index contributed by atoms with van der Waals surface area (Å²) in [5.74, 6) is -1.89. The van der Waals surface area contributed by atoms with Crippen LogP contribution in [0.5, 0.6) is 5.75 Å². The number of hydrogen-bond donors (Lipinski definition) is 0. The molecule has 21 heavy (non-hydrogen) atoms. The number of methoxy groups -OCH3 is 1. The molecular formula is C12H11F3N2O4. The normalized spacial score (nSPS) is 14.6. The maximum absolute atomic E-state index is 12.4. The first-order valence-corrected chi connectivity index (χ1v) is 5.95. The minimum Gasteiger partial charge on any atom is -0.490 e. The van der Waals surface area contributed by atoms with Crippen LogP contribution in [0.3, 0.4) is 0 Å². The predicted molar refractivity (Wildman–Crippen MR) is 64.8 cm³/mol. The zero-order valence-corrected chi connectivity index (χ0v) is 10.9. The number of halogens is 3. The molecule has 6 nitrogen and oxygen atoms in total. The van der Waals surface area contributed by atoms with E-state index in [1.54, 1.807) is 0 Å². The first kappa shape index (κ1) is 15.1. The highest BCUT2D eigenvalue weighted by atomic mass is 19.4. The standard InChI is InChI=1S/C12H11F3N2O4/c1-21-9-3-2-7-6-16(11(18)12(13,14)15)5-4-8(7)10(9)17(19)20/h2-3H,4-6H2,1H3. The Morgan fingerprint density at radius 3 is 2.62 bits per heavy atom. The number of benzene rings is 1. The molecule has 0 N–H and O–H groups in total. The molecular weight excluding hydrogens is 293 g/mol. The Labute approximate surface area is 117 Å². The Morgan fingerprint density at radius 1 is 1.43 bits per heavy atom. The molecule has 1 aromatic rings. The molecule has 114 valence electrons.